The third-order valence-corrected chi connectivity index (χ3v) is 7.93. The normalized spacial score (nSPS) is 17.7. The molecule has 2 unspecified atom stereocenters. The summed E-state index contributed by atoms with van der Waals surface area (Å²) in [7, 11) is 1.59. The van der Waals surface area contributed by atoms with Crippen molar-refractivity contribution in [2.75, 3.05) is 11.4 Å². The lowest BCUT2D eigenvalue weighted by atomic mass is 9.94. The smallest absolute Gasteiger partial charge is 0.332 e. The van der Waals surface area contributed by atoms with Crippen LogP contribution < -0.4 is 21.9 Å². The molecule has 0 saturated carbocycles. The lowest BCUT2D eigenvalue weighted by Gasteiger charge is -2.39. The van der Waals surface area contributed by atoms with Gasteiger partial charge in [-0.1, -0.05) is 18.1 Å². The molecule has 1 aliphatic heterocycles. The van der Waals surface area contributed by atoms with Gasteiger partial charge in [-0.15, -0.1) is 17.3 Å². The van der Waals surface area contributed by atoms with Gasteiger partial charge in [-0.25, -0.2) is 9.78 Å². The van der Waals surface area contributed by atoms with E-state index in [-0.39, 0.29) is 30.2 Å². The van der Waals surface area contributed by atoms with E-state index in [0.29, 0.717) is 30.3 Å². The van der Waals surface area contributed by atoms with E-state index in [2.05, 4.69) is 16.8 Å². The second-order valence-electron chi connectivity index (χ2n) is 10.9. The quantitative estimate of drug-likeness (QED) is 0.289. The molecule has 1 aromatic carbocycles. The van der Waals surface area contributed by atoms with Crippen LogP contribution in [-0.2, 0) is 29.7 Å². The predicted octanol–water partition coefficient (Wildman–Crippen LogP) is 2.42. The molecule has 1 fully saturated rings. The van der Waals surface area contributed by atoms with E-state index in [9.17, 15) is 14.4 Å². The van der Waals surface area contributed by atoms with Gasteiger partial charge >= 0.3 is 11.7 Å². The Labute approximate surface area is 235 Å². The summed E-state index contributed by atoms with van der Waals surface area (Å²) in [5.74, 6) is 5.34. The van der Waals surface area contributed by atoms with E-state index in [1.807, 2.05) is 49.9 Å². The summed E-state index contributed by atoms with van der Waals surface area (Å²) in [6.45, 7) is 7.89. The molecule has 4 heterocycles. The Bertz CT molecular complexity index is 1750. The third kappa shape index (κ3) is 5.02. The molecule has 0 aliphatic carbocycles. The van der Waals surface area contributed by atoms with Crippen LogP contribution in [0.15, 0.2) is 33.9 Å². The number of rotatable bonds is 5. The first-order chi connectivity index (χ1) is 19.0. The number of benzene rings is 1. The fraction of sp³-hybridized carbons (Fsp3) is 0.464. The molecular weight excluding hydrogens is 530 g/mol. The molecule has 1 aliphatic rings. The number of hydrogen-bond acceptors (Lipinski definition) is 9. The maximum atomic E-state index is 13.9. The molecule has 2 N–H and O–H groups in total. The minimum Gasteiger partial charge on any atom is -0.460 e. The summed E-state index contributed by atoms with van der Waals surface area (Å²) in [4.78, 5) is 51.5. The summed E-state index contributed by atoms with van der Waals surface area (Å²) < 4.78 is 10.9. The van der Waals surface area contributed by atoms with Crippen molar-refractivity contribution in [2.24, 2.45) is 18.7 Å². The van der Waals surface area contributed by atoms with Gasteiger partial charge in [-0.3, -0.25) is 23.3 Å². The molecule has 40 heavy (non-hydrogen) atoms. The number of fused-ring (bicyclic) bond motifs is 2. The highest BCUT2D eigenvalue weighted by atomic mass is 32.1. The van der Waals surface area contributed by atoms with Crippen LogP contribution >= 0.6 is 11.3 Å². The second-order valence-corrected chi connectivity index (χ2v) is 12.0. The number of thiazole rings is 1. The van der Waals surface area contributed by atoms with Gasteiger partial charge in [0.15, 0.2) is 11.2 Å². The summed E-state index contributed by atoms with van der Waals surface area (Å²) in [6.07, 6.45) is 0.534. The zero-order valence-electron chi connectivity index (χ0n) is 23.3. The largest absolute Gasteiger partial charge is 0.460 e. The van der Waals surface area contributed by atoms with Crippen molar-refractivity contribution in [3.63, 3.8) is 0 Å². The molecule has 12 heteroatoms. The lowest BCUT2D eigenvalue weighted by molar-refractivity contribution is -0.161. The highest BCUT2D eigenvalue weighted by molar-refractivity contribution is 7.18. The minimum absolute atomic E-state index is 0.0324. The van der Waals surface area contributed by atoms with Gasteiger partial charge in [0, 0.05) is 13.6 Å². The van der Waals surface area contributed by atoms with E-state index in [1.54, 1.807) is 18.5 Å². The number of anilines is 1. The van der Waals surface area contributed by atoms with Crippen molar-refractivity contribution in [1.82, 2.24) is 23.7 Å². The number of aromatic nitrogens is 5. The predicted molar refractivity (Wildman–Crippen MR) is 155 cm³/mol. The van der Waals surface area contributed by atoms with Crippen LogP contribution in [0.2, 0.25) is 0 Å². The van der Waals surface area contributed by atoms with Crippen molar-refractivity contribution >= 4 is 44.6 Å². The van der Waals surface area contributed by atoms with Gasteiger partial charge in [0.1, 0.15) is 10.6 Å². The number of hydrogen-bond donors (Lipinski definition) is 1. The first-order valence-electron chi connectivity index (χ1n) is 13.2. The Kier molecular flexibility index (Phi) is 7.29. The van der Waals surface area contributed by atoms with E-state index in [0.717, 1.165) is 10.2 Å². The minimum atomic E-state index is -0.726. The number of ether oxygens (including phenoxy) is 1. The molecule has 3 aromatic heterocycles. The fourth-order valence-electron chi connectivity index (χ4n) is 5.04. The Morgan fingerprint density at radius 1 is 1.20 bits per heavy atom. The molecule has 0 bridgehead atoms. The van der Waals surface area contributed by atoms with Gasteiger partial charge in [0.05, 0.1) is 35.4 Å². The van der Waals surface area contributed by atoms with E-state index >= 15 is 0 Å². The first kappa shape index (κ1) is 27.6. The number of carbonyl (C=O) groups excluding carboxylic acids is 1. The van der Waals surface area contributed by atoms with Crippen LogP contribution in [0.1, 0.15) is 45.5 Å². The Morgan fingerprint density at radius 3 is 2.65 bits per heavy atom. The SMILES string of the molecule is CC#CCn1c(N2CCCC(C(=O)OC(C)(C)C)C2N)nc2c1c(=O)n(Cc1nc3ccccc3s1)c(=O)n2C. The second kappa shape index (κ2) is 10.6. The lowest BCUT2D eigenvalue weighted by Crippen LogP contribution is -2.55. The maximum absolute atomic E-state index is 13.9. The zero-order valence-corrected chi connectivity index (χ0v) is 24.1. The van der Waals surface area contributed by atoms with Gasteiger partial charge in [-0.2, -0.15) is 4.98 Å². The van der Waals surface area contributed by atoms with E-state index in [1.165, 1.54) is 20.5 Å². The molecule has 0 radical (unpaired) electrons. The van der Waals surface area contributed by atoms with Crippen LogP contribution in [-0.4, -0.2) is 48.0 Å². The average molecular weight is 564 g/mol. The molecule has 0 amide bonds. The molecule has 0 spiro atoms. The number of carbonyl (C=O) groups is 1. The highest BCUT2D eigenvalue weighted by Crippen LogP contribution is 2.30. The molecular formula is C28H33N7O4S. The monoisotopic (exact) mass is 563 g/mol. The standard InChI is InChI=1S/C28H33N7O4S/c1-6-7-14-33-21-23(31-26(33)34-15-10-11-17(22(34)29)25(37)39-28(2,3)4)32(5)27(38)35(24(21)36)16-20-30-18-12-8-9-13-19(18)40-20/h8-9,12-13,17,22H,10-11,14-16,29H2,1-5H3. The van der Waals surface area contributed by atoms with Crippen LogP contribution in [0.25, 0.3) is 21.4 Å². The van der Waals surface area contributed by atoms with Crippen LogP contribution in [0.3, 0.4) is 0 Å². The summed E-state index contributed by atoms with van der Waals surface area (Å²) in [5, 5.41) is 0.651. The number of para-hydroxylation sites is 1. The van der Waals surface area contributed by atoms with Gasteiger partial charge in [0.25, 0.3) is 5.56 Å². The Morgan fingerprint density at radius 2 is 1.95 bits per heavy atom. The average Bonchev–Trinajstić information content (AvgIpc) is 3.49. The summed E-state index contributed by atoms with van der Waals surface area (Å²) in [6, 6.07) is 7.68. The summed E-state index contributed by atoms with van der Waals surface area (Å²) in [5.41, 5.74) is 6.32. The number of piperidine rings is 1. The number of nitrogens with zero attached hydrogens (tertiary/aromatic N) is 6. The van der Waals surface area contributed by atoms with Crippen LogP contribution in [0.5, 0.6) is 0 Å². The molecule has 1 saturated heterocycles. The molecule has 210 valence electrons. The van der Waals surface area contributed by atoms with Crippen molar-refractivity contribution in [3.8, 4) is 11.8 Å². The van der Waals surface area contributed by atoms with Gasteiger partial charge in [0.2, 0.25) is 5.95 Å². The number of imidazole rings is 1. The third-order valence-electron chi connectivity index (χ3n) is 6.91. The first-order valence-corrected chi connectivity index (χ1v) is 14.0. The Hall–Kier alpha value is -3.95. The van der Waals surface area contributed by atoms with Crippen molar-refractivity contribution in [3.05, 3.63) is 50.1 Å². The van der Waals surface area contributed by atoms with Crippen LogP contribution in [0, 0.1) is 17.8 Å². The van der Waals surface area contributed by atoms with Crippen molar-refractivity contribution < 1.29 is 9.53 Å². The summed E-state index contributed by atoms with van der Waals surface area (Å²) >= 11 is 1.44. The molecule has 2 atom stereocenters. The molecule has 11 nitrogen and oxygen atoms in total. The molecule has 5 rings (SSSR count). The van der Waals surface area contributed by atoms with E-state index in [4.69, 9.17) is 15.5 Å². The van der Waals surface area contributed by atoms with Crippen LogP contribution in [0.4, 0.5) is 5.95 Å². The zero-order chi connectivity index (χ0) is 28.8. The topological polar surface area (TPSA) is 130 Å². The maximum Gasteiger partial charge on any atom is 0.332 e. The van der Waals surface area contributed by atoms with Crippen molar-refractivity contribution in [2.45, 2.75) is 65.4 Å². The van der Waals surface area contributed by atoms with Crippen molar-refractivity contribution in [1.29, 1.82) is 0 Å². The van der Waals surface area contributed by atoms with Gasteiger partial charge < -0.3 is 15.4 Å². The van der Waals surface area contributed by atoms with Gasteiger partial charge in [-0.05, 0) is 52.7 Å². The highest BCUT2D eigenvalue weighted by Gasteiger charge is 2.38. The number of esters is 1. The fourth-order valence-corrected chi connectivity index (χ4v) is 5.99. The number of nitrogens with two attached hydrogens (primary N) is 1. The molecule has 4 aromatic rings. The Balaban J connectivity index is 1.62. The number of aryl methyl sites for hydroxylation is 1. The van der Waals surface area contributed by atoms with E-state index < -0.39 is 28.9 Å².